The van der Waals surface area contributed by atoms with Crippen molar-refractivity contribution in [2.45, 2.75) is 6.23 Å². The highest BCUT2D eigenvalue weighted by Gasteiger charge is 2.29. The van der Waals surface area contributed by atoms with Crippen LogP contribution in [0.25, 0.3) is 80.7 Å². The van der Waals surface area contributed by atoms with Gasteiger partial charge in [0.1, 0.15) is 0 Å². The van der Waals surface area contributed by atoms with Gasteiger partial charge in [-0.25, -0.2) is 0 Å². The molecule has 1 N–H and O–H groups in total. The van der Waals surface area contributed by atoms with E-state index >= 15 is 0 Å². The van der Waals surface area contributed by atoms with E-state index < -0.39 is 0 Å². The number of fused-ring (bicyclic) bond motifs is 9. The first kappa shape index (κ1) is 28.5. The third kappa shape index (κ3) is 4.43. The Balaban J connectivity index is 0.971. The summed E-state index contributed by atoms with van der Waals surface area (Å²) in [6.45, 7) is 0. The Labute approximate surface area is 298 Å². The van der Waals surface area contributed by atoms with E-state index in [1.807, 2.05) is 11.3 Å². The second-order valence-electron chi connectivity index (χ2n) is 13.3. The van der Waals surface area contributed by atoms with Gasteiger partial charge in [-0.05, 0) is 76.0 Å². The summed E-state index contributed by atoms with van der Waals surface area (Å²) in [5, 5.41) is 11.2. The Morgan fingerprint density at radius 3 is 2.12 bits per heavy atom. The average Bonchev–Trinajstić information content (AvgIpc) is 3.89. The first-order valence-corrected chi connectivity index (χ1v) is 18.2. The molecule has 0 aliphatic carbocycles. The van der Waals surface area contributed by atoms with Crippen molar-refractivity contribution in [2.24, 2.45) is 0 Å². The van der Waals surface area contributed by atoms with Crippen LogP contribution in [0.1, 0.15) is 11.8 Å². The molecule has 0 saturated heterocycles. The second kappa shape index (κ2) is 11.1. The monoisotopic (exact) mass is 670 g/mol. The number of benzene rings is 8. The number of hydrogen-bond acceptors (Lipinski definition) is 3. The fraction of sp³-hybridized carbons (Fsp3) is 0.0213. The minimum absolute atomic E-state index is 0.283. The summed E-state index contributed by atoms with van der Waals surface area (Å²) in [6.07, 6.45) is -0.283. The summed E-state index contributed by atoms with van der Waals surface area (Å²) in [7, 11) is 0. The van der Waals surface area contributed by atoms with Crippen molar-refractivity contribution in [1.29, 1.82) is 0 Å². The molecule has 10 aromatic rings. The predicted molar refractivity (Wildman–Crippen MR) is 215 cm³/mol. The number of hydrogen-bond donors (Lipinski definition) is 1. The predicted octanol–water partition coefficient (Wildman–Crippen LogP) is 13.1. The van der Waals surface area contributed by atoms with Crippen LogP contribution in [-0.2, 0) is 0 Å². The summed E-state index contributed by atoms with van der Waals surface area (Å²) in [5.41, 5.74) is 10.5. The van der Waals surface area contributed by atoms with Gasteiger partial charge >= 0.3 is 0 Å². The summed E-state index contributed by atoms with van der Waals surface area (Å²) >= 11 is 1.84. The molecule has 0 amide bonds. The zero-order chi connectivity index (χ0) is 33.5. The number of rotatable bonds is 4. The molecule has 8 aromatic carbocycles. The molecule has 2 aromatic heterocycles. The van der Waals surface area contributed by atoms with Gasteiger partial charge in [-0.1, -0.05) is 121 Å². The molecule has 240 valence electrons. The van der Waals surface area contributed by atoms with E-state index in [1.54, 1.807) is 0 Å². The maximum absolute atomic E-state index is 6.82. The minimum atomic E-state index is -0.283. The molecule has 0 radical (unpaired) electrons. The molecule has 0 fully saturated rings. The van der Waals surface area contributed by atoms with Crippen molar-refractivity contribution in [2.75, 3.05) is 5.32 Å². The average molecular weight is 671 g/mol. The van der Waals surface area contributed by atoms with Crippen LogP contribution < -0.4 is 10.1 Å². The van der Waals surface area contributed by atoms with Gasteiger partial charge in [-0.15, -0.1) is 11.3 Å². The molecule has 1 aliphatic rings. The summed E-state index contributed by atoms with van der Waals surface area (Å²) in [5.74, 6) is 0.932. The summed E-state index contributed by atoms with van der Waals surface area (Å²) < 4.78 is 11.7. The van der Waals surface area contributed by atoms with Crippen LogP contribution in [0, 0.1) is 0 Å². The lowest BCUT2D eigenvalue weighted by atomic mass is 9.98. The van der Waals surface area contributed by atoms with Crippen molar-refractivity contribution < 1.29 is 4.74 Å². The van der Waals surface area contributed by atoms with Crippen LogP contribution >= 0.6 is 11.3 Å². The Hall–Kier alpha value is -6.36. The van der Waals surface area contributed by atoms with Crippen LogP contribution in [-0.4, -0.2) is 4.57 Å². The fourth-order valence-electron chi connectivity index (χ4n) is 7.97. The smallest absolute Gasteiger partial charge is 0.196 e. The Morgan fingerprint density at radius 1 is 0.529 bits per heavy atom. The molecule has 51 heavy (non-hydrogen) atoms. The van der Waals surface area contributed by atoms with Gasteiger partial charge < -0.3 is 14.6 Å². The first-order valence-electron chi connectivity index (χ1n) is 17.4. The molecule has 0 bridgehead atoms. The third-order valence-electron chi connectivity index (χ3n) is 10.4. The molecule has 0 saturated carbocycles. The van der Waals surface area contributed by atoms with E-state index in [4.69, 9.17) is 4.74 Å². The van der Waals surface area contributed by atoms with E-state index in [9.17, 15) is 0 Å². The standard InChI is InChI=1S/C47H30N2OS/c1-2-12-35(13-3-1)49-41-16-8-6-14-36(41)39-27-33(24-25-42(39)49)30-18-21-31(22-19-30)47-48-40-28-38(34-23-20-29-10-4-5-11-32(29)26-34)46-44(45(40)50-47)37-15-7-9-17-43(37)51-46/h1-28,47-48H. The van der Waals surface area contributed by atoms with Gasteiger partial charge in [0.25, 0.3) is 0 Å². The van der Waals surface area contributed by atoms with Gasteiger partial charge in [0, 0.05) is 47.8 Å². The maximum atomic E-state index is 6.82. The van der Waals surface area contributed by atoms with Crippen LogP contribution in [0.4, 0.5) is 5.69 Å². The largest absolute Gasteiger partial charge is 0.464 e. The number of nitrogens with zero attached hydrogens (tertiary/aromatic N) is 1. The topological polar surface area (TPSA) is 26.2 Å². The van der Waals surface area contributed by atoms with Gasteiger partial charge in [-0.3, -0.25) is 0 Å². The van der Waals surface area contributed by atoms with E-state index in [-0.39, 0.29) is 6.23 Å². The lowest BCUT2D eigenvalue weighted by Crippen LogP contribution is -2.09. The molecule has 1 atom stereocenters. The molecule has 1 aliphatic heterocycles. The van der Waals surface area contributed by atoms with Crippen molar-refractivity contribution >= 4 is 69.8 Å². The Morgan fingerprint density at radius 2 is 1.24 bits per heavy atom. The second-order valence-corrected chi connectivity index (χ2v) is 14.4. The normalized spacial score (nSPS) is 14.0. The molecule has 1 unspecified atom stereocenters. The van der Waals surface area contributed by atoms with Gasteiger partial charge in [0.05, 0.1) is 16.7 Å². The van der Waals surface area contributed by atoms with Crippen LogP contribution in [0.2, 0.25) is 0 Å². The highest BCUT2D eigenvalue weighted by atomic mass is 32.1. The number of anilines is 1. The first-order chi connectivity index (χ1) is 25.3. The highest BCUT2D eigenvalue weighted by Crippen LogP contribution is 2.52. The van der Waals surface area contributed by atoms with Crippen LogP contribution in [0.5, 0.6) is 5.75 Å². The van der Waals surface area contributed by atoms with Crippen molar-refractivity contribution in [3.05, 3.63) is 175 Å². The molecular formula is C47H30N2OS. The van der Waals surface area contributed by atoms with Crippen molar-refractivity contribution in [1.82, 2.24) is 4.57 Å². The number of ether oxygens (including phenoxy) is 1. The van der Waals surface area contributed by atoms with Crippen LogP contribution in [0.3, 0.4) is 0 Å². The Bertz CT molecular complexity index is 2970. The van der Waals surface area contributed by atoms with E-state index in [0.717, 1.165) is 17.0 Å². The number of nitrogens with one attached hydrogen (secondary N) is 1. The highest BCUT2D eigenvalue weighted by molar-refractivity contribution is 7.26. The molecule has 11 rings (SSSR count). The maximum Gasteiger partial charge on any atom is 0.196 e. The van der Waals surface area contributed by atoms with E-state index in [2.05, 4.69) is 180 Å². The minimum Gasteiger partial charge on any atom is -0.464 e. The van der Waals surface area contributed by atoms with E-state index in [0.29, 0.717) is 0 Å². The SMILES string of the molecule is c1ccc(-n2c3ccccc3c3cc(-c4ccc(C5Nc6cc(-c7ccc8ccccc8c7)c7sc8ccccc8c7c6O5)cc4)ccc32)cc1. The summed E-state index contributed by atoms with van der Waals surface area (Å²) in [6, 6.07) is 61.3. The lowest BCUT2D eigenvalue weighted by molar-refractivity contribution is 0.263. The van der Waals surface area contributed by atoms with E-state index in [1.165, 1.54) is 80.7 Å². The number of para-hydroxylation sites is 2. The van der Waals surface area contributed by atoms with Crippen molar-refractivity contribution in [3.8, 4) is 33.7 Å². The molecule has 4 heteroatoms. The zero-order valence-corrected chi connectivity index (χ0v) is 28.3. The Kier molecular flexibility index (Phi) is 6.18. The molecule has 3 heterocycles. The molecule has 0 spiro atoms. The van der Waals surface area contributed by atoms with Crippen LogP contribution in [0.15, 0.2) is 170 Å². The quantitative estimate of drug-likeness (QED) is 0.202. The number of thiophene rings is 1. The molecular weight excluding hydrogens is 641 g/mol. The zero-order valence-electron chi connectivity index (χ0n) is 27.5. The van der Waals surface area contributed by atoms with Crippen molar-refractivity contribution in [3.63, 3.8) is 0 Å². The number of aromatic nitrogens is 1. The molecule has 3 nitrogen and oxygen atoms in total. The van der Waals surface area contributed by atoms with Gasteiger partial charge in [-0.2, -0.15) is 0 Å². The summed E-state index contributed by atoms with van der Waals surface area (Å²) in [4.78, 5) is 0. The third-order valence-corrected chi connectivity index (χ3v) is 11.6. The van der Waals surface area contributed by atoms with Gasteiger partial charge in [0.15, 0.2) is 12.0 Å². The lowest BCUT2D eigenvalue weighted by Gasteiger charge is -2.13. The van der Waals surface area contributed by atoms with Gasteiger partial charge in [0.2, 0.25) is 0 Å². The fourth-order valence-corrected chi connectivity index (χ4v) is 9.21.